The van der Waals surface area contributed by atoms with Crippen molar-refractivity contribution in [2.24, 2.45) is 10.8 Å². The molecule has 0 amide bonds. The van der Waals surface area contributed by atoms with Gasteiger partial charge in [-0.3, -0.25) is 5.43 Å². The van der Waals surface area contributed by atoms with Gasteiger partial charge in [0, 0.05) is 12.2 Å². The van der Waals surface area contributed by atoms with Gasteiger partial charge in [-0.1, -0.05) is 30.3 Å². The van der Waals surface area contributed by atoms with Crippen LogP contribution in [-0.2, 0) is 5.75 Å². The standard InChI is InChI=1S/C11H13N3S/c12-10-6-7-11(14-13-10)15-8-9-4-2-1-3-5-9/h1-5,7,14H,6,8H2,(H2,12,13). The van der Waals surface area contributed by atoms with Crippen LogP contribution in [0.4, 0.5) is 0 Å². The molecule has 4 heteroatoms. The van der Waals surface area contributed by atoms with E-state index in [1.807, 2.05) is 6.07 Å². The highest BCUT2D eigenvalue weighted by Crippen LogP contribution is 2.20. The van der Waals surface area contributed by atoms with Gasteiger partial charge in [-0.15, -0.1) is 11.8 Å². The molecule has 0 bridgehead atoms. The zero-order valence-electron chi connectivity index (χ0n) is 8.31. The van der Waals surface area contributed by atoms with Crippen LogP contribution in [0.2, 0.25) is 0 Å². The van der Waals surface area contributed by atoms with Gasteiger partial charge in [0.05, 0.1) is 5.03 Å². The van der Waals surface area contributed by atoms with Crippen LogP contribution in [0.1, 0.15) is 12.0 Å². The number of hydrogen-bond acceptors (Lipinski definition) is 4. The summed E-state index contributed by atoms with van der Waals surface area (Å²) >= 11 is 1.74. The third kappa shape index (κ3) is 3.02. The maximum Gasteiger partial charge on any atom is 0.123 e. The van der Waals surface area contributed by atoms with E-state index >= 15 is 0 Å². The number of rotatable bonds is 3. The normalized spacial score (nSPS) is 15.2. The Morgan fingerprint density at radius 2 is 2.13 bits per heavy atom. The third-order valence-electron chi connectivity index (χ3n) is 2.04. The summed E-state index contributed by atoms with van der Waals surface area (Å²) in [6, 6.07) is 10.4. The Hall–Kier alpha value is -1.42. The van der Waals surface area contributed by atoms with Crippen molar-refractivity contribution < 1.29 is 0 Å². The molecule has 3 N–H and O–H groups in total. The van der Waals surface area contributed by atoms with Crippen molar-refractivity contribution in [2.75, 3.05) is 0 Å². The maximum atomic E-state index is 5.54. The molecule has 1 aromatic carbocycles. The molecule has 1 aliphatic heterocycles. The van der Waals surface area contributed by atoms with E-state index in [4.69, 9.17) is 5.73 Å². The second-order valence-electron chi connectivity index (χ2n) is 3.26. The average Bonchev–Trinajstić information content (AvgIpc) is 2.30. The third-order valence-corrected chi connectivity index (χ3v) is 3.09. The summed E-state index contributed by atoms with van der Waals surface area (Å²) in [7, 11) is 0. The lowest BCUT2D eigenvalue weighted by molar-refractivity contribution is 0.909. The van der Waals surface area contributed by atoms with Crippen LogP contribution in [0.15, 0.2) is 46.5 Å². The number of nitrogens with one attached hydrogen (secondary N) is 1. The Bertz CT molecular complexity index is 384. The average molecular weight is 219 g/mol. The minimum atomic E-state index is 0.638. The molecule has 1 aromatic rings. The summed E-state index contributed by atoms with van der Waals surface area (Å²) in [5, 5.41) is 5.06. The van der Waals surface area contributed by atoms with Gasteiger partial charge in [0.2, 0.25) is 0 Å². The molecule has 0 spiro atoms. The van der Waals surface area contributed by atoms with Gasteiger partial charge in [-0.2, -0.15) is 5.10 Å². The van der Waals surface area contributed by atoms with Crippen molar-refractivity contribution in [3.8, 4) is 0 Å². The molecule has 2 rings (SSSR count). The molecule has 0 aromatic heterocycles. The first kappa shape index (κ1) is 10.1. The smallest absolute Gasteiger partial charge is 0.123 e. The first-order chi connectivity index (χ1) is 7.34. The SMILES string of the molecule is NC1=NNC(SCc2ccccc2)=CC1. The van der Waals surface area contributed by atoms with Crippen LogP contribution in [0.5, 0.6) is 0 Å². The van der Waals surface area contributed by atoms with Crippen molar-refractivity contribution in [3.05, 3.63) is 47.0 Å². The van der Waals surface area contributed by atoms with Crippen molar-refractivity contribution in [3.63, 3.8) is 0 Å². The quantitative estimate of drug-likeness (QED) is 0.817. The fourth-order valence-electron chi connectivity index (χ4n) is 1.24. The number of hydrazone groups is 1. The zero-order chi connectivity index (χ0) is 10.5. The molecule has 0 radical (unpaired) electrons. The number of nitrogens with zero attached hydrogens (tertiary/aromatic N) is 1. The van der Waals surface area contributed by atoms with E-state index in [9.17, 15) is 0 Å². The molecule has 1 heterocycles. The first-order valence-corrected chi connectivity index (χ1v) is 5.78. The highest BCUT2D eigenvalue weighted by molar-refractivity contribution is 8.02. The number of benzene rings is 1. The fraction of sp³-hybridized carbons (Fsp3) is 0.182. The van der Waals surface area contributed by atoms with Crippen LogP contribution in [-0.4, -0.2) is 5.84 Å². The number of nitrogens with two attached hydrogens (primary N) is 1. The highest BCUT2D eigenvalue weighted by Gasteiger charge is 2.03. The second-order valence-corrected chi connectivity index (χ2v) is 4.28. The van der Waals surface area contributed by atoms with Crippen molar-refractivity contribution >= 4 is 17.6 Å². The Balaban J connectivity index is 1.85. The van der Waals surface area contributed by atoms with Crippen molar-refractivity contribution in [1.82, 2.24) is 5.43 Å². The van der Waals surface area contributed by atoms with Crippen molar-refractivity contribution in [1.29, 1.82) is 0 Å². The molecule has 0 aliphatic carbocycles. The molecule has 15 heavy (non-hydrogen) atoms. The van der Waals surface area contributed by atoms with Gasteiger partial charge in [0.25, 0.3) is 0 Å². The largest absolute Gasteiger partial charge is 0.385 e. The topological polar surface area (TPSA) is 50.4 Å². The summed E-state index contributed by atoms with van der Waals surface area (Å²) < 4.78 is 0. The first-order valence-electron chi connectivity index (χ1n) is 4.79. The molecule has 0 unspecified atom stereocenters. The lowest BCUT2D eigenvalue weighted by Gasteiger charge is -2.11. The molecular weight excluding hydrogens is 206 g/mol. The summed E-state index contributed by atoms with van der Waals surface area (Å²) in [5.74, 6) is 1.59. The van der Waals surface area contributed by atoms with Gasteiger partial charge < -0.3 is 5.73 Å². The summed E-state index contributed by atoms with van der Waals surface area (Å²) in [4.78, 5) is 0. The van der Waals surface area contributed by atoms with Gasteiger partial charge in [-0.25, -0.2) is 0 Å². The molecule has 3 nitrogen and oxygen atoms in total. The summed E-state index contributed by atoms with van der Waals surface area (Å²) in [6.07, 6.45) is 2.81. The lowest BCUT2D eigenvalue weighted by atomic mass is 10.2. The van der Waals surface area contributed by atoms with Gasteiger partial charge in [0.1, 0.15) is 5.84 Å². The van der Waals surface area contributed by atoms with Gasteiger partial charge in [-0.05, 0) is 11.6 Å². The predicted molar refractivity (Wildman–Crippen MR) is 65.2 cm³/mol. The van der Waals surface area contributed by atoms with E-state index in [-0.39, 0.29) is 0 Å². The molecule has 0 saturated heterocycles. The molecule has 1 aliphatic rings. The van der Waals surface area contributed by atoms with E-state index in [1.165, 1.54) is 5.56 Å². The van der Waals surface area contributed by atoms with E-state index in [1.54, 1.807) is 11.8 Å². The van der Waals surface area contributed by atoms with Gasteiger partial charge in [0.15, 0.2) is 0 Å². The molecule has 0 atom stereocenters. The van der Waals surface area contributed by atoms with Crippen LogP contribution in [0.25, 0.3) is 0 Å². The Labute approximate surface area is 93.4 Å². The zero-order valence-corrected chi connectivity index (χ0v) is 9.13. The monoisotopic (exact) mass is 219 g/mol. The van der Waals surface area contributed by atoms with E-state index in [2.05, 4.69) is 40.9 Å². The van der Waals surface area contributed by atoms with Crippen LogP contribution < -0.4 is 11.2 Å². The predicted octanol–water partition coefficient (Wildman–Crippen LogP) is 2.03. The molecule has 0 fully saturated rings. The molecular formula is C11H13N3S. The Morgan fingerprint density at radius 1 is 1.33 bits per heavy atom. The van der Waals surface area contributed by atoms with E-state index < -0.39 is 0 Å². The van der Waals surface area contributed by atoms with Crippen molar-refractivity contribution in [2.45, 2.75) is 12.2 Å². The van der Waals surface area contributed by atoms with Crippen LogP contribution >= 0.6 is 11.8 Å². The minimum Gasteiger partial charge on any atom is -0.385 e. The lowest BCUT2D eigenvalue weighted by Crippen LogP contribution is -2.20. The van der Waals surface area contributed by atoms with Crippen LogP contribution in [0, 0.1) is 0 Å². The Kier molecular flexibility index (Phi) is 3.29. The Morgan fingerprint density at radius 3 is 2.80 bits per heavy atom. The summed E-state index contributed by atoms with van der Waals surface area (Å²) in [5.41, 5.74) is 9.78. The highest BCUT2D eigenvalue weighted by atomic mass is 32.2. The fourth-order valence-corrected chi connectivity index (χ4v) is 2.07. The minimum absolute atomic E-state index is 0.638. The maximum absolute atomic E-state index is 5.54. The number of hydrogen-bond donors (Lipinski definition) is 2. The molecule has 78 valence electrons. The number of amidine groups is 1. The summed E-state index contributed by atoms with van der Waals surface area (Å²) in [6.45, 7) is 0. The van der Waals surface area contributed by atoms with E-state index in [0.717, 1.165) is 17.2 Å². The number of thioether (sulfide) groups is 1. The van der Waals surface area contributed by atoms with Gasteiger partial charge >= 0.3 is 0 Å². The van der Waals surface area contributed by atoms with Crippen LogP contribution in [0.3, 0.4) is 0 Å². The second kappa shape index (κ2) is 4.89. The molecule has 0 saturated carbocycles. The van der Waals surface area contributed by atoms with E-state index in [0.29, 0.717) is 5.84 Å².